The number of ether oxygens (including phenoxy) is 1. The summed E-state index contributed by atoms with van der Waals surface area (Å²) < 4.78 is 5.12. The summed E-state index contributed by atoms with van der Waals surface area (Å²) in [6.45, 7) is 7.30. The Morgan fingerprint density at radius 2 is 1.82 bits per heavy atom. The van der Waals surface area contributed by atoms with Gasteiger partial charge in [-0.3, -0.25) is 4.79 Å². The van der Waals surface area contributed by atoms with E-state index in [4.69, 9.17) is 22.1 Å². The van der Waals surface area contributed by atoms with Crippen molar-refractivity contribution in [3.05, 3.63) is 41.1 Å². The number of anilines is 3. The van der Waals surface area contributed by atoms with E-state index in [2.05, 4.69) is 31.2 Å². The lowest BCUT2D eigenvalue weighted by Gasteiger charge is -2.15. The van der Waals surface area contributed by atoms with E-state index in [0.29, 0.717) is 36.4 Å². The van der Waals surface area contributed by atoms with Crippen molar-refractivity contribution in [1.82, 2.24) is 20.6 Å². The highest BCUT2D eigenvalue weighted by molar-refractivity contribution is 7.80. The Bertz CT molecular complexity index is 965. The average Bonchev–Trinajstić information content (AvgIpc) is 2.76. The molecule has 0 atom stereocenters. The average molecular weight is 475 g/mol. The fraction of sp³-hybridized carbons (Fsp3) is 0.409. The fourth-order valence-electron chi connectivity index (χ4n) is 2.90. The van der Waals surface area contributed by atoms with Crippen LogP contribution in [0.4, 0.5) is 17.5 Å². The van der Waals surface area contributed by atoms with Gasteiger partial charge in [0.2, 0.25) is 5.95 Å². The van der Waals surface area contributed by atoms with Crippen molar-refractivity contribution in [3.8, 4) is 0 Å². The molecule has 0 aliphatic carbocycles. The molecular weight excluding hydrogens is 444 g/mol. The summed E-state index contributed by atoms with van der Waals surface area (Å²) in [5, 5.41) is 21.3. The van der Waals surface area contributed by atoms with E-state index in [1.54, 1.807) is 6.92 Å². The molecule has 2 aromatic rings. The predicted octanol–water partition coefficient (Wildman–Crippen LogP) is 2.75. The molecule has 11 heteroatoms. The molecular formula is C22H30N6O4S. The van der Waals surface area contributed by atoms with Crippen LogP contribution in [0, 0.1) is 13.8 Å². The van der Waals surface area contributed by atoms with Crippen LogP contribution in [0.2, 0.25) is 0 Å². The molecule has 0 saturated carbocycles. The van der Waals surface area contributed by atoms with Crippen LogP contribution in [0.25, 0.3) is 0 Å². The van der Waals surface area contributed by atoms with Gasteiger partial charge in [-0.25, -0.2) is 9.78 Å². The lowest BCUT2D eigenvalue weighted by Crippen LogP contribution is -2.37. The first kappa shape index (κ1) is 25.8. The first-order chi connectivity index (χ1) is 15.8. The highest BCUT2D eigenvalue weighted by Crippen LogP contribution is 2.24. The Morgan fingerprint density at radius 3 is 2.48 bits per heavy atom. The number of para-hydroxylation sites is 1. The second-order valence-electron chi connectivity index (χ2n) is 7.17. The molecule has 0 bridgehead atoms. The molecule has 0 unspecified atom stereocenters. The number of nitrogens with zero attached hydrogens (tertiary/aromatic N) is 2. The standard InChI is InChI=1S/C22H30N6O4S/c1-4-32-20(31)16-13-26-21(27-18-14(2)7-5-8-15(18)3)28-19(16)23-10-6-11-24-22(33)25-12-9-17(29)30/h5,7-8,13H,4,6,9-12H2,1-3H3,(H,29,30)(H2,24,25,33)(H2,23,26,27,28). The summed E-state index contributed by atoms with van der Waals surface area (Å²) in [5.41, 5.74) is 3.28. The Balaban J connectivity index is 1.99. The van der Waals surface area contributed by atoms with Crippen molar-refractivity contribution in [3.63, 3.8) is 0 Å². The molecule has 1 aromatic heterocycles. The van der Waals surface area contributed by atoms with Gasteiger partial charge >= 0.3 is 11.9 Å². The first-order valence-corrected chi connectivity index (χ1v) is 11.1. The summed E-state index contributed by atoms with van der Waals surface area (Å²) in [6.07, 6.45) is 2.11. The molecule has 2 rings (SSSR count). The smallest absolute Gasteiger partial charge is 0.343 e. The van der Waals surface area contributed by atoms with E-state index in [1.165, 1.54) is 6.20 Å². The fourth-order valence-corrected chi connectivity index (χ4v) is 3.11. The third kappa shape index (κ3) is 8.53. The van der Waals surface area contributed by atoms with Gasteiger partial charge in [-0.1, -0.05) is 18.2 Å². The summed E-state index contributed by atoms with van der Waals surface area (Å²) in [7, 11) is 0. The van der Waals surface area contributed by atoms with Crippen LogP contribution in [0.1, 0.15) is 41.3 Å². The number of rotatable bonds is 12. The number of aliphatic carboxylic acids is 1. The monoisotopic (exact) mass is 474 g/mol. The molecule has 1 aromatic carbocycles. The number of carboxylic acids is 1. The number of carbonyl (C=O) groups is 2. The molecule has 0 saturated heterocycles. The molecule has 0 aliphatic heterocycles. The molecule has 1 heterocycles. The molecule has 5 N–H and O–H groups in total. The van der Waals surface area contributed by atoms with Gasteiger partial charge in [0.1, 0.15) is 11.4 Å². The quantitative estimate of drug-likeness (QED) is 0.176. The maximum Gasteiger partial charge on any atom is 0.343 e. The lowest BCUT2D eigenvalue weighted by molar-refractivity contribution is -0.136. The Hall–Kier alpha value is -3.47. The van der Waals surface area contributed by atoms with Crippen LogP contribution >= 0.6 is 12.2 Å². The van der Waals surface area contributed by atoms with E-state index >= 15 is 0 Å². The normalized spacial score (nSPS) is 10.3. The molecule has 10 nitrogen and oxygen atoms in total. The minimum atomic E-state index is -0.886. The summed E-state index contributed by atoms with van der Waals surface area (Å²) in [5.74, 6) is -0.645. The second-order valence-corrected chi connectivity index (χ2v) is 7.58. The zero-order valence-corrected chi connectivity index (χ0v) is 19.8. The molecule has 0 aliphatic rings. The molecule has 33 heavy (non-hydrogen) atoms. The maximum absolute atomic E-state index is 12.3. The number of aryl methyl sites for hydroxylation is 2. The van der Waals surface area contributed by atoms with E-state index in [0.717, 1.165) is 16.8 Å². The van der Waals surface area contributed by atoms with Gasteiger partial charge < -0.3 is 31.1 Å². The number of hydrogen-bond donors (Lipinski definition) is 5. The van der Waals surface area contributed by atoms with Crippen LogP contribution in [0.3, 0.4) is 0 Å². The molecule has 0 fully saturated rings. The van der Waals surface area contributed by atoms with Gasteiger partial charge in [0.15, 0.2) is 5.11 Å². The lowest BCUT2D eigenvalue weighted by atomic mass is 10.1. The summed E-state index contributed by atoms with van der Waals surface area (Å²) in [4.78, 5) is 31.6. The molecule has 0 radical (unpaired) electrons. The zero-order chi connectivity index (χ0) is 24.2. The topological polar surface area (TPSA) is 138 Å². The zero-order valence-electron chi connectivity index (χ0n) is 19.0. The van der Waals surface area contributed by atoms with Crippen LogP contribution < -0.4 is 21.3 Å². The van der Waals surface area contributed by atoms with Crippen molar-refractivity contribution in [2.75, 3.05) is 36.9 Å². The van der Waals surface area contributed by atoms with E-state index in [9.17, 15) is 9.59 Å². The van der Waals surface area contributed by atoms with Crippen LogP contribution in [-0.2, 0) is 9.53 Å². The van der Waals surface area contributed by atoms with Crippen LogP contribution in [0.15, 0.2) is 24.4 Å². The third-order valence-corrected chi connectivity index (χ3v) is 4.85. The SMILES string of the molecule is CCOC(=O)c1cnc(Nc2c(C)cccc2C)nc1NCCCNC(=S)NCCC(=O)O. The molecule has 0 amide bonds. The Labute approximate surface area is 198 Å². The van der Waals surface area contributed by atoms with E-state index in [1.807, 2.05) is 32.0 Å². The number of carbonyl (C=O) groups excluding carboxylic acids is 1. The van der Waals surface area contributed by atoms with Crippen LogP contribution in [0.5, 0.6) is 0 Å². The number of benzene rings is 1. The van der Waals surface area contributed by atoms with Gasteiger partial charge in [-0.05, 0) is 50.5 Å². The number of thiocarbonyl (C=S) groups is 1. The van der Waals surface area contributed by atoms with Crippen molar-refractivity contribution in [2.45, 2.75) is 33.6 Å². The third-order valence-electron chi connectivity index (χ3n) is 4.56. The Kier molecular flexibility index (Phi) is 10.3. The summed E-state index contributed by atoms with van der Waals surface area (Å²) in [6, 6.07) is 5.97. The van der Waals surface area contributed by atoms with Gasteiger partial charge in [-0.2, -0.15) is 4.98 Å². The minimum absolute atomic E-state index is 0.00781. The maximum atomic E-state index is 12.3. The highest BCUT2D eigenvalue weighted by Gasteiger charge is 2.16. The number of aromatic nitrogens is 2. The Morgan fingerprint density at radius 1 is 1.12 bits per heavy atom. The molecule has 0 spiro atoms. The first-order valence-electron chi connectivity index (χ1n) is 10.7. The van der Waals surface area contributed by atoms with Gasteiger partial charge in [0.25, 0.3) is 0 Å². The van der Waals surface area contributed by atoms with Crippen molar-refractivity contribution in [1.29, 1.82) is 0 Å². The molecule has 178 valence electrons. The van der Waals surface area contributed by atoms with Gasteiger partial charge in [0, 0.05) is 31.5 Å². The van der Waals surface area contributed by atoms with Crippen LogP contribution in [-0.4, -0.2) is 58.4 Å². The van der Waals surface area contributed by atoms with E-state index in [-0.39, 0.29) is 25.1 Å². The van der Waals surface area contributed by atoms with E-state index < -0.39 is 11.9 Å². The predicted molar refractivity (Wildman–Crippen MR) is 131 cm³/mol. The second kappa shape index (κ2) is 13.2. The minimum Gasteiger partial charge on any atom is -0.481 e. The number of carboxylic acid groups (broad SMARTS) is 1. The largest absolute Gasteiger partial charge is 0.481 e. The number of esters is 1. The van der Waals surface area contributed by atoms with Crippen molar-refractivity contribution >= 4 is 46.7 Å². The van der Waals surface area contributed by atoms with Gasteiger partial charge in [-0.15, -0.1) is 0 Å². The number of nitrogens with one attached hydrogen (secondary N) is 4. The highest BCUT2D eigenvalue weighted by atomic mass is 32.1. The number of hydrogen-bond acceptors (Lipinski definition) is 8. The van der Waals surface area contributed by atoms with Gasteiger partial charge in [0.05, 0.1) is 13.0 Å². The van der Waals surface area contributed by atoms with Crippen molar-refractivity contribution in [2.24, 2.45) is 0 Å². The van der Waals surface area contributed by atoms with Crippen molar-refractivity contribution < 1.29 is 19.4 Å². The summed E-state index contributed by atoms with van der Waals surface area (Å²) >= 11 is 5.11.